The number of rotatable bonds is 5. The maximum absolute atomic E-state index is 14.5. The van der Waals surface area contributed by atoms with Gasteiger partial charge in [0.2, 0.25) is 0 Å². The van der Waals surface area contributed by atoms with Gasteiger partial charge in [-0.2, -0.15) is 0 Å². The number of nitrogens with zero attached hydrogens (tertiary/aromatic N) is 3. The zero-order valence-electron chi connectivity index (χ0n) is 18.1. The van der Waals surface area contributed by atoms with Crippen LogP contribution in [0.4, 0.5) is 21.6 Å². The first kappa shape index (κ1) is 19.9. The van der Waals surface area contributed by atoms with Crippen LogP contribution >= 0.6 is 0 Å². The molecule has 6 nitrogen and oxygen atoms in total. The number of aromatic nitrogens is 1. The highest BCUT2D eigenvalue weighted by atomic mass is 19.1. The molecule has 1 aliphatic heterocycles. The topological polar surface area (TPSA) is 65.5 Å². The Morgan fingerprint density at radius 1 is 0.818 bits per heavy atom. The third kappa shape index (κ3) is 3.44. The molecule has 2 heterocycles. The van der Waals surface area contributed by atoms with E-state index in [1.165, 1.54) is 6.07 Å². The highest BCUT2D eigenvalue weighted by Gasteiger charge is 2.32. The summed E-state index contributed by atoms with van der Waals surface area (Å²) in [6.07, 6.45) is 2.10. The van der Waals surface area contributed by atoms with Gasteiger partial charge in [0.1, 0.15) is 23.0 Å². The van der Waals surface area contributed by atoms with Crippen molar-refractivity contribution in [3.8, 4) is 11.1 Å². The number of pyridine rings is 1. The monoisotopic (exact) mass is 442 g/mol. The van der Waals surface area contributed by atoms with E-state index >= 15 is 0 Å². The van der Waals surface area contributed by atoms with E-state index in [0.29, 0.717) is 49.2 Å². The molecule has 0 bridgehead atoms. The first-order valence-corrected chi connectivity index (χ1v) is 11.3. The zero-order chi connectivity index (χ0) is 22.5. The third-order valence-electron chi connectivity index (χ3n) is 6.60. The lowest BCUT2D eigenvalue weighted by Crippen LogP contribution is -2.52. The van der Waals surface area contributed by atoms with Crippen LogP contribution in [-0.2, 0) is 0 Å². The van der Waals surface area contributed by atoms with Crippen molar-refractivity contribution < 1.29 is 4.39 Å². The standard InChI is InChI=1S/C26H23FN4O2/c27-20-7-2-1-5-18(20)19-6-3-4-16-8-11-21(29-22(16)19)30-12-14-31(15-13-30)24-23(25(32)26(24)33)28-17-9-10-17/h1-8,11,17,28H,9-10,12-15H2. The van der Waals surface area contributed by atoms with E-state index in [0.717, 1.165) is 35.1 Å². The molecule has 0 radical (unpaired) electrons. The molecule has 1 aromatic heterocycles. The Morgan fingerprint density at radius 2 is 1.55 bits per heavy atom. The number of nitrogens with one attached hydrogen (secondary N) is 1. The Kier molecular flexibility index (Phi) is 4.64. The van der Waals surface area contributed by atoms with Gasteiger partial charge < -0.3 is 15.1 Å². The van der Waals surface area contributed by atoms with Crippen molar-refractivity contribution >= 4 is 28.1 Å². The minimum atomic E-state index is -0.392. The summed E-state index contributed by atoms with van der Waals surface area (Å²) in [7, 11) is 0. The number of hydrogen-bond donors (Lipinski definition) is 1. The van der Waals surface area contributed by atoms with Crippen molar-refractivity contribution in [1.82, 2.24) is 4.98 Å². The molecule has 33 heavy (non-hydrogen) atoms. The van der Waals surface area contributed by atoms with Gasteiger partial charge in [0.15, 0.2) is 0 Å². The van der Waals surface area contributed by atoms with Gasteiger partial charge in [-0.25, -0.2) is 9.37 Å². The largest absolute Gasteiger partial charge is 0.377 e. The molecule has 3 aromatic carbocycles. The first-order valence-electron chi connectivity index (χ1n) is 11.3. The second-order valence-electron chi connectivity index (χ2n) is 8.80. The first-order chi connectivity index (χ1) is 16.1. The van der Waals surface area contributed by atoms with Crippen LogP contribution in [0.3, 0.4) is 0 Å². The predicted octanol–water partition coefficient (Wildman–Crippen LogP) is 3.54. The molecule has 2 aliphatic rings. The normalized spacial score (nSPS) is 16.5. The average Bonchev–Trinajstić information content (AvgIpc) is 3.68. The van der Waals surface area contributed by atoms with Crippen molar-refractivity contribution in [3.05, 3.63) is 80.9 Å². The fourth-order valence-electron chi connectivity index (χ4n) is 4.62. The van der Waals surface area contributed by atoms with Crippen LogP contribution in [0.15, 0.2) is 64.2 Å². The number of hydrogen-bond acceptors (Lipinski definition) is 6. The Bertz CT molecular complexity index is 1430. The van der Waals surface area contributed by atoms with Crippen molar-refractivity contribution in [2.75, 3.05) is 41.3 Å². The fourth-order valence-corrected chi connectivity index (χ4v) is 4.62. The van der Waals surface area contributed by atoms with Crippen molar-refractivity contribution in [2.24, 2.45) is 0 Å². The number of piperazine rings is 1. The van der Waals surface area contributed by atoms with Gasteiger partial charge in [-0.3, -0.25) is 9.59 Å². The smallest absolute Gasteiger partial charge is 0.253 e. The molecule has 4 aromatic rings. The second-order valence-corrected chi connectivity index (χ2v) is 8.80. The Labute approximate surface area is 190 Å². The van der Waals surface area contributed by atoms with E-state index in [2.05, 4.69) is 10.2 Å². The molecule has 1 aliphatic carbocycles. The molecule has 0 unspecified atom stereocenters. The molecule has 0 amide bonds. The van der Waals surface area contributed by atoms with Crippen molar-refractivity contribution in [2.45, 2.75) is 18.9 Å². The summed E-state index contributed by atoms with van der Waals surface area (Å²) in [6, 6.07) is 16.9. The summed E-state index contributed by atoms with van der Waals surface area (Å²) < 4.78 is 14.5. The summed E-state index contributed by atoms with van der Waals surface area (Å²) in [4.78, 5) is 33.3. The van der Waals surface area contributed by atoms with Crippen molar-refractivity contribution in [3.63, 3.8) is 0 Å². The summed E-state index contributed by atoms with van der Waals surface area (Å²) in [5, 5.41) is 4.17. The van der Waals surface area contributed by atoms with Crippen LogP contribution in [0.5, 0.6) is 0 Å². The van der Waals surface area contributed by atoms with Crippen LogP contribution in [0.1, 0.15) is 12.8 Å². The van der Waals surface area contributed by atoms with Gasteiger partial charge in [-0.15, -0.1) is 0 Å². The highest BCUT2D eigenvalue weighted by molar-refractivity contribution is 5.94. The van der Waals surface area contributed by atoms with E-state index in [1.807, 2.05) is 41.3 Å². The van der Waals surface area contributed by atoms with Gasteiger partial charge >= 0.3 is 0 Å². The van der Waals surface area contributed by atoms with Crippen LogP contribution in [0, 0.1) is 5.82 Å². The fraction of sp³-hybridized carbons (Fsp3) is 0.269. The molecule has 1 saturated carbocycles. The summed E-state index contributed by atoms with van der Waals surface area (Å²) >= 11 is 0. The minimum absolute atomic E-state index is 0.269. The van der Waals surface area contributed by atoms with Crippen molar-refractivity contribution in [1.29, 1.82) is 0 Å². The highest BCUT2D eigenvalue weighted by Crippen LogP contribution is 2.32. The van der Waals surface area contributed by atoms with Crippen LogP contribution in [0.25, 0.3) is 22.0 Å². The number of para-hydroxylation sites is 1. The van der Waals surface area contributed by atoms with Gasteiger partial charge in [-0.05, 0) is 31.0 Å². The number of benzene rings is 2. The van der Waals surface area contributed by atoms with Gasteiger partial charge in [0.25, 0.3) is 10.9 Å². The molecule has 2 fully saturated rings. The average molecular weight is 442 g/mol. The Balaban J connectivity index is 1.26. The van der Waals surface area contributed by atoms with E-state index in [4.69, 9.17) is 4.98 Å². The van der Waals surface area contributed by atoms with Crippen LogP contribution in [0.2, 0.25) is 0 Å². The minimum Gasteiger partial charge on any atom is -0.377 e. The molecule has 166 valence electrons. The zero-order valence-corrected chi connectivity index (χ0v) is 18.1. The number of fused-ring (bicyclic) bond motifs is 1. The lowest BCUT2D eigenvalue weighted by atomic mass is 10.0. The lowest BCUT2D eigenvalue weighted by molar-refractivity contribution is 0.631. The number of anilines is 3. The molecule has 0 spiro atoms. The third-order valence-corrected chi connectivity index (χ3v) is 6.60. The predicted molar refractivity (Wildman–Crippen MR) is 130 cm³/mol. The van der Waals surface area contributed by atoms with Gasteiger partial charge in [0.05, 0.1) is 5.52 Å². The lowest BCUT2D eigenvalue weighted by Gasteiger charge is -2.37. The van der Waals surface area contributed by atoms with E-state index in [-0.39, 0.29) is 11.2 Å². The van der Waals surface area contributed by atoms with E-state index < -0.39 is 5.43 Å². The maximum atomic E-state index is 14.5. The Morgan fingerprint density at radius 3 is 2.30 bits per heavy atom. The molecular formula is C26H23FN4O2. The Hall–Kier alpha value is -3.74. The molecular weight excluding hydrogens is 419 g/mol. The quantitative estimate of drug-likeness (QED) is 0.477. The van der Waals surface area contributed by atoms with Crippen LogP contribution in [-0.4, -0.2) is 37.2 Å². The second kappa shape index (κ2) is 7.69. The van der Waals surface area contributed by atoms with E-state index in [9.17, 15) is 14.0 Å². The summed E-state index contributed by atoms with van der Waals surface area (Å²) in [6.45, 7) is 2.64. The molecule has 1 saturated heterocycles. The van der Waals surface area contributed by atoms with E-state index in [1.54, 1.807) is 12.1 Å². The number of halogens is 1. The SMILES string of the molecule is O=c1c(NC2CC2)c(N2CCN(c3ccc4cccc(-c5ccccc5F)c4n3)CC2)c1=O. The van der Waals surface area contributed by atoms with Crippen LogP contribution < -0.4 is 26.0 Å². The van der Waals surface area contributed by atoms with Gasteiger partial charge in [0, 0.05) is 48.7 Å². The molecule has 1 N–H and O–H groups in total. The molecule has 0 atom stereocenters. The summed E-state index contributed by atoms with van der Waals surface area (Å²) in [5.74, 6) is 0.557. The molecule has 7 heteroatoms. The summed E-state index contributed by atoms with van der Waals surface area (Å²) in [5.41, 5.74) is 2.33. The molecule has 6 rings (SSSR count). The maximum Gasteiger partial charge on any atom is 0.253 e. The van der Waals surface area contributed by atoms with Gasteiger partial charge in [-0.1, -0.05) is 36.4 Å².